The first kappa shape index (κ1) is 12.0. The van der Waals surface area contributed by atoms with Crippen LogP contribution in [-0.2, 0) is 0 Å². The van der Waals surface area contributed by atoms with Gasteiger partial charge in [0.15, 0.2) is 0 Å². The standard InChI is InChI=1S/C13H27N/c1-3-5-6-7-8-11-14-12-9-10-13(14)4-2/h13H,3-12H2,1-2H3. The number of rotatable bonds is 7. The second kappa shape index (κ2) is 7.28. The van der Waals surface area contributed by atoms with Crippen LogP contribution in [0.1, 0.15) is 65.2 Å². The van der Waals surface area contributed by atoms with Crippen molar-refractivity contribution in [2.75, 3.05) is 13.1 Å². The highest BCUT2D eigenvalue weighted by Gasteiger charge is 2.21. The molecular formula is C13H27N. The van der Waals surface area contributed by atoms with Gasteiger partial charge in [0, 0.05) is 6.04 Å². The van der Waals surface area contributed by atoms with Crippen molar-refractivity contribution in [2.24, 2.45) is 0 Å². The Kier molecular flexibility index (Phi) is 6.25. The summed E-state index contributed by atoms with van der Waals surface area (Å²) in [6.45, 7) is 7.35. The van der Waals surface area contributed by atoms with E-state index in [2.05, 4.69) is 18.7 Å². The maximum atomic E-state index is 2.71. The minimum absolute atomic E-state index is 0.918. The maximum absolute atomic E-state index is 2.71. The van der Waals surface area contributed by atoms with Gasteiger partial charge in [-0.1, -0.05) is 39.5 Å². The van der Waals surface area contributed by atoms with Crippen LogP contribution in [0.15, 0.2) is 0 Å². The van der Waals surface area contributed by atoms with E-state index in [4.69, 9.17) is 0 Å². The molecule has 1 heterocycles. The molecule has 0 bridgehead atoms. The highest BCUT2D eigenvalue weighted by atomic mass is 15.2. The van der Waals surface area contributed by atoms with E-state index in [9.17, 15) is 0 Å². The SMILES string of the molecule is CCCCCCCN1CCCC1CC. The van der Waals surface area contributed by atoms with Crippen LogP contribution in [0.25, 0.3) is 0 Å². The number of unbranched alkanes of at least 4 members (excludes halogenated alkanes) is 4. The molecule has 84 valence electrons. The molecule has 1 heteroatoms. The molecular weight excluding hydrogens is 170 g/mol. The first-order chi connectivity index (χ1) is 6.88. The fraction of sp³-hybridized carbons (Fsp3) is 1.00. The van der Waals surface area contributed by atoms with Crippen molar-refractivity contribution >= 4 is 0 Å². The molecule has 1 saturated heterocycles. The lowest BCUT2D eigenvalue weighted by atomic mass is 10.1. The minimum Gasteiger partial charge on any atom is -0.300 e. The van der Waals surface area contributed by atoms with Gasteiger partial charge < -0.3 is 4.90 Å². The number of hydrogen-bond acceptors (Lipinski definition) is 1. The second-order valence-electron chi connectivity index (χ2n) is 4.65. The highest BCUT2D eigenvalue weighted by molar-refractivity contribution is 4.77. The van der Waals surface area contributed by atoms with Gasteiger partial charge in [-0.15, -0.1) is 0 Å². The summed E-state index contributed by atoms with van der Waals surface area (Å²) >= 11 is 0. The van der Waals surface area contributed by atoms with E-state index < -0.39 is 0 Å². The second-order valence-corrected chi connectivity index (χ2v) is 4.65. The van der Waals surface area contributed by atoms with E-state index in [0.29, 0.717) is 0 Å². The Morgan fingerprint density at radius 3 is 2.57 bits per heavy atom. The summed E-state index contributed by atoms with van der Waals surface area (Å²) in [6, 6.07) is 0.918. The van der Waals surface area contributed by atoms with Crippen molar-refractivity contribution in [1.82, 2.24) is 4.90 Å². The lowest BCUT2D eigenvalue weighted by Crippen LogP contribution is -2.29. The molecule has 0 radical (unpaired) electrons. The monoisotopic (exact) mass is 197 g/mol. The van der Waals surface area contributed by atoms with Crippen molar-refractivity contribution in [3.8, 4) is 0 Å². The molecule has 0 aliphatic carbocycles. The van der Waals surface area contributed by atoms with Gasteiger partial charge in [-0.05, 0) is 38.8 Å². The van der Waals surface area contributed by atoms with E-state index in [0.717, 1.165) is 6.04 Å². The molecule has 1 aliphatic heterocycles. The van der Waals surface area contributed by atoms with Crippen molar-refractivity contribution in [3.05, 3.63) is 0 Å². The first-order valence-corrected chi connectivity index (χ1v) is 6.62. The Hall–Kier alpha value is -0.0400. The minimum atomic E-state index is 0.918. The molecule has 1 fully saturated rings. The van der Waals surface area contributed by atoms with E-state index in [-0.39, 0.29) is 0 Å². The van der Waals surface area contributed by atoms with Crippen LogP contribution in [0.2, 0.25) is 0 Å². The topological polar surface area (TPSA) is 3.24 Å². The van der Waals surface area contributed by atoms with Crippen LogP contribution in [0, 0.1) is 0 Å². The lowest BCUT2D eigenvalue weighted by Gasteiger charge is -2.22. The number of hydrogen-bond donors (Lipinski definition) is 0. The maximum Gasteiger partial charge on any atom is 0.00931 e. The summed E-state index contributed by atoms with van der Waals surface area (Å²) < 4.78 is 0. The summed E-state index contributed by atoms with van der Waals surface area (Å²) in [5.74, 6) is 0. The molecule has 14 heavy (non-hydrogen) atoms. The van der Waals surface area contributed by atoms with Crippen LogP contribution in [0.3, 0.4) is 0 Å². The summed E-state index contributed by atoms with van der Waals surface area (Å²) in [5, 5.41) is 0. The molecule has 1 nitrogen and oxygen atoms in total. The molecule has 0 N–H and O–H groups in total. The number of likely N-dealkylation sites (tertiary alicyclic amines) is 1. The third kappa shape index (κ3) is 4.00. The van der Waals surface area contributed by atoms with E-state index in [1.807, 2.05) is 0 Å². The summed E-state index contributed by atoms with van der Waals surface area (Å²) in [6.07, 6.45) is 11.4. The Balaban J connectivity index is 2.00. The third-order valence-electron chi connectivity index (χ3n) is 3.52. The quantitative estimate of drug-likeness (QED) is 0.561. The third-order valence-corrected chi connectivity index (χ3v) is 3.52. The molecule has 0 saturated carbocycles. The van der Waals surface area contributed by atoms with Gasteiger partial charge in [0.1, 0.15) is 0 Å². The molecule has 0 aromatic rings. The van der Waals surface area contributed by atoms with Crippen LogP contribution in [0.4, 0.5) is 0 Å². The smallest absolute Gasteiger partial charge is 0.00931 e. The zero-order chi connectivity index (χ0) is 10.2. The van der Waals surface area contributed by atoms with Gasteiger partial charge in [-0.2, -0.15) is 0 Å². The Labute approximate surface area is 89.9 Å². The van der Waals surface area contributed by atoms with Crippen molar-refractivity contribution in [2.45, 2.75) is 71.3 Å². The Morgan fingerprint density at radius 1 is 1.07 bits per heavy atom. The zero-order valence-corrected chi connectivity index (χ0v) is 10.1. The number of nitrogens with zero attached hydrogens (tertiary/aromatic N) is 1. The Bertz CT molecular complexity index is 133. The highest BCUT2D eigenvalue weighted by Crippen LogP contribution is 2.20. The molecule has 1 aliphatic rings. The van der Waals surface area contributed by atoms with Gasteiger partial charge in [-0.3, -0.25) is 0 Å². The molecule has 1 atom stereocenters. The van der Waals surface area contributed by atoms with E-state index in [1.165, 1.54) is 64.5 Å². The lowest BCUT2D eigenvalue weighted by molar-refractivity contribution is 0.242. The van der Waals surface area contributed by atoms with E-state index >= 15 is 0 Å². The Morgan fingerprint density at radius 2 is 1.86 bits per heavy atom. The van der Waals surface area contributed by atoms with Crippen molar-refractivity contribution in [1.29, 1.82) is 0 Å². The largest absolute Gasteiger partial charge is 0.300 e. The van der Waals surface area contributed by atoms with Crippen molar-refractivity contribution in [3.63, 3.8) is 0 Å². The van der Waals surface area contributed by atoms with Gasteiger partial charge >= 0.3 is 0 Å². The normalized spacial score (nSPS) is 23.1. The van der Waals surface area contributed by atoms with Crippen LogP contribution in [0.5, 0.6) is 0 Å². The zero-order valence-electron chi connectivity index (χ0n) is 10.1. The van der Waals surface area contributed by atoms with Crippen LogP contribution >= 0.6 is 0 Å². The van der Waals surface area contributed by atoms with Crippen molar-refractivity contribution < 1.29 is 0 Å². The predicted molar refractivity (Wildman–Crippen MR) is 63.6 cm³/mol. The van der Waals surface area contributed by atoms with Gasteiger partial charge in [-0.25, -0.2) is 0 Å². The molecule has 0 spiro atoms. The van der Waals surface area contributed by atoms with Gasteiger partial charge in [0.2, 0.25) is 0 Å². The molecule has 1 unspecified atom stereocenters. The molecule has 1 rings (SSSR count). The van der Waals surface area contributed by atoms with Crippen LogP contribution < -0.4 is 0 Å². The average Bonchev–Trinajstić information content (AvgIpc) is 2.65. The first-order valence-electron chi connectivity index (χ1n) is 6.62. The predicted octanol–water partition coefficient (Wildman–Crippen LogP) is 3.83. The van der Waals surface area contributed by atoms with Gasteiger partial charge in [0.25, 0.3) is 0 Å². The van der Waals surface area contributed by atoms with Gasteiger partial charge in [0.05, 0.1) is 0 Å². The fourth-order valence-electron chi connectivity index (χ4n) is 2.57. The summed E-state index contributed by atoms with van der Waals surface area (Å²) in [7, 11) is 0. The van der Waals surface area contributed by atoms with E-state index in [1.54, 1.807) is 0 Å². The summed E-state index contributed by atoms with van der Waals surface area (Å²) in [4.78, 5) is 2.71. The average molecular weight is 197 g/mol. The molecule has 0 aromatic heterocycles. The van der Waals surface area contributed by atoms with Crippen LogP contribution in [-0.4, -0.2) is 24.0 Å². The molecule has 0 aromatic carbocycles. The fourth-order valence-corrected chi connectivity index (χ4v) is 2.57. The summed E-state index contributed by atoms with van der Waals surface area (Å²) in [5.41, 5.74) is 0. The molecule has 0 amide bonds.